The lowest BCUT2D eigenvalue weighted by Gasteiger charge is -2.23. The molecule has 170 valence electrons. The van der Waals surface area contributed by atoms with Crippen LogP contribution in [0.2, 0.25) is 10.0 Å². The molecule has 0 saturated carbocycles. The van der Waals surface area contributed by atoms with Gasteiger partial charge >= 0.3 is 0 Å². The number of aryl methyl sites for hydroxylation is 2. The van der Waals surface area contributed by atoms with Crippen LogP contribution < -0.4 is 38.3 Å². The quantitative estimate of drug-likeness (QED) is 0.326. The normalized spacial score (nSPS) is 14.6. The predicted molar refractivity (Wildman–Crippen MR) is 133 cm³/mol. The highest BCUT2D eigenvalue weighted by molar-refractivity contribution is 6.31. The van der Waals surface area contributed by atoms with Gasteiger partial charge in [0.2, 0.25) is 0 Å². The Morgan fingerprint density at radius 3 is 2.16 bits per heavy atom. The number of nitrogens with zero attached hydrogens (tertiary/aromatic N) is 4. The van der Waals surface area contributed by atoms with Gasteiger partial charge in [0, 0.05) is 35.3 Å². The molecule has 7 heteroatoms. The molecule has 4 rings (SSSR count). The summed E-state index contributed by atoms with van der Waals surface area (Å²) in [5.74, 6) is 2.34. The average molecular weight is 583 g/mol. The van der Waals surface area contributed by atoms with Crippen LogP contribution in [-0.2, 0) is 13.1 Å². The van der Waals surface area contributed by atoms with E-state index in [1.165, 1.54) is 22.8 Å². The van der Waals surface area contributed by atoms with E-state index in [0.29, 0.717) is 0 Å². The van der Waals surface area contributed by atoms with E-state index in [9.17, 15) is 0 Å². The van der Waals surface area contributed by atoms with Crippen LogP contribution in [-0.4, -0.2) is 17.7 Å². The summed E-state index contributed by atoms with van der Waals surface area (Å²) in [6.07, 6.45) is 6.55. The van der Waals surface area contributed by atoms with Gasteiger partial charge in [0.05, 0.1) is 24.5 Å². The first-order valence-corrected chi connectivity index (χ1v) is 11.7. The molecule has 0 bridgehead atoms. The van der Waals surface area contributed by atoms with Crippen molar-refractivity contribution in [1.82, 2.24) is 4.57 Å². The van der Waals surface area contributed by atoms with E-state index in [1.54, 1.807) is 0 Å². The molecule has 32 heavy (non-hydrogen) atoms. The number of aromatic nitrogens is 2. The van der Waals surface area contributed by atoms with E-state index in [4.69, 9.17) is 23.2 Å². The molecule has 3 aromatic rings. The molecule has 1 aromatic heterocycles. The highest BCUT2D eigenvalue weighted by atomic mass is 127. The van der Waals surface area contributed by atoms with Crippen LogP contribution in [0.3, 0.4) is 0 Å². The van der Waals surface area contributed by atoms with Gasteiger partial charge in [-0.3, -0.25) is 0 Å². The second-order valence-electron chi connectivity index (χ2n) is 7.49. The van der Waals surface area contributed by atoms with E-state index in [1.807, 2.05) is 12.1 Å². The number of halogens is 3. The van der Waals surface area contributed by atoms with Crippen LogP contribution in [0.4, 0.5) is 11.4 Å². The van der Waals surface area contributed by atoms with Gasteiger partial charge in [0.1, 0.15) is 5.82 Å². The van der Waals surface area contributed by atoms with Crippen molar-refractivity contribution in [2.45, 2.75) is 40.8 Å². The molecule has 0 atom stereocenters. The number of anilines is 2. The van der Waals surface area contributed by atoms with Crippen LogP contribution in [0.1, 0.15) is 33.5 Å². The summed E-state index contributed by atoms with van der Waals surface area (Å²) in [4.78, 5) is 4.65. The molecule has 1 aliphatic heterocycles. The van der Waals surface area contributed by atoms with Crippen molar-refractivity contribution in [3.63, 3.8) is 0 Å². The van der Waals surface area contributed by atoms with E-state index in [0.717, 1.165) is 47.4 Å². The third-order valence-electron chi connectivity index (χ3n) is 5.90. The molecule has 0 radical (unpaired) electrons. The molecule has 4 nitrogen and oxygen atoms in total. The second kappa shape index (κ2) is 10.5. The third-order valence-corrected chi connectivity index (χ3v) is 6.37. The molecule has 0 unspecified atom stereocenters. The van der Waals surface area contributed by atoms with Gasteiger partial charge in [-0.2, -0.15) is 0 Å². The lowest BCUT2D eigenvalue weighted by molar-refractivity contribution is -0.670. The van der Waals surface area contributed by atoms with Gasteiger partial charge < -0.3 is 33.8 Å². The standard InChI is InChI=1S/C25H29Cl2N4.HI/c1-5-28-20-14-12-18(26)16-22(20)30(7-3)24(28)10-9-11-25-29(6-2)21-15-13-19(27)17-23(21)31(25)8-4;/h9-17H,5-8H2,1-4H3;1H/q+1;/p-1. The summed E-state index contributed by atoms with van der Waals surface area (Å²) in [7, 11) is 0. The van der Waals surface area contributed by atoms with Crippen LogP contribution in [0.25, 0.3) is 17.1 Å². The Balaban J connectivity index is 0.00000289. The molecule has 2 heterocycles. The number of allylic oxidation sites excluding steroid dienone is 2. The van der Waals surface area contributed by atoms with Crippen molar-refractivity contribution >= 4 is 51.7 Å². The third kappa shape index (κ3) is 4.27. The van der Waals surface area contributed by atoms with E-state index in [-0.39, 0.29) is 24.0 Å². The largest absolute Gasteiger partial charge is 1.00 e. The molecule has 0 N–H and O–H groups in total. The monoisotopic (exact) mass is 582 g/mol. The van der Waals surface area contributed by atoms with Crippen molar-refractivity contribution in [2.24, 2.45) is 0 Å². The molecular weight excluding hydrogens is 554 g/mol. The predicted octanol–water partition coefficient (Wildman–Crippen LogP) is 3.50. The number of hydrogen-bond donors (Lipinski definition) is 0. The van der Waals surface area contributed by atoms with Gasteiger partial charge in [0.25, 0.3) is 5.82 Å². The Kier molecular flexibility index (Phi) is 8.17. The maximum atomic E-state index is 6.29. The molecule has 0 spiro atoms. The Labute approximate surface area is 217 Å². The van der Waals surface area contributed by atoms with Crippen LogP contribution in [0, 0.1) is 0 Å². The zero-order valence-corrected chi connectivity index (χ0v) is 22.6. The number of fused-ring (bicyclic) bond motifs is 2. The number of hydrogen-bond acceptors (Lipinski definition) is 2. The maximum Gasteiger partial charge on any atom is 0.282 e. The smallest absolute Gasteiger partial charge is 0.282 e. The zero-order valence-electron chi connectivity index (χ0n) is 18.9. The summed E-state index contributed by atoms with van der Waals surface area (Å²) in [5, 5.41) is 1.53. The summed E-state index contributed by atoms with van der Waals surface area (Å²) in [6.45, 7) is 12.3. The van der Waals surface area contributed by atoms with Crippen molar-refractivity contribution in [3.8, 4) is 0 Å². The lowest BCUT2D eigenvalue weighted by atomic mass is 10.2. The van der Waals surface area contributed by atoms with Crippen molar-refractivity contribution < 1.29 is 28.5 Å². The minimum atomic E-state index is 0. The topological polar surface area (TPSA) is 15.3 Å². The second-order valence-corrected chi connectivity index (χ2v) is 8.36. The Bertz CT molecular complexity index is 1180. The molecular formula is C25H29Cl2IN4. The Morgan fingerprint density at radius 1 is 0.844 bits per heavy atom. The van der Waals surface area contributed by atoms with Gasteiger partial charge in [0.15, 0.2) is 11.0 Å². The van der Waals surface area contributed by atoms with E-state index in [2.05, 4.69) is 89.1 Å². The number of rotatable bonds is 6. The molecule has 2 aromatic carbocycles. The summed E-state index contributed by atoms with van der Waals surface area (Å²) < 4.78 is 4.65. The maximum absolute atomic E-state index is 6.29. The lowest BCUT2D eigenvalue weighted by Crippen LogP contribution is -3.00. The first kappa shape index (κ1) is 24.9. The molecule has 0 aliphatic carbocycles. The first-order chi connectivity index (χ1) is 15.0. The minimum absolute atomic E-state index is 0. The van der Waals surface area contributed by atoms with E-state index >= 15 is 0 Å². The molecule has 0 amide bonds. The molecule has 0 saturated heterocycles. The van der Waals surface area contributed by atoms with Gasteiger partial charge in [-0.1, -0.05) is 29.3 Å². The molecule has 1 aliphatic rings. The van der Waals surface area contributed by atoms with Crippen LogP contribution in [0.15, 0.2) is 54.4 Å². The van der Waals surface area contributed by atoms with Gasteiger partial charge in [-0.25, -0.2) is 9.13 Å². The van der Waals surface area contributed by atoms with Crippen LogP contribution >= 0.6 is 23.2 Å². The van der Waals surface area contributed by atoms with Crippen molar-refractivity contribution in [1.29, 1.82) is 0 Å². The van der Waals surface area contributed by atoms with Crippen LogP contribution in [0.5, 0.6) is 0 Å². The fraction of sp³-hybridized carbons (Fsp3) is 0.320. The van der Waals surface area contributed by atoms with Crippen molar-refractivity contribution in [3.05, 3.63) is 70.2 Å². The number of benzene rings is 2. The average Bonchev–Trinajstić information content (AvgIpc) is 3.23. The fourth-order valence-electron chi connectivity index (χ4n) is 4.58. The SMILES string of the molecule is CCN1/C(=C\C=C\c2n(CC)c3cc(Cl)ccc3[n+]2CC)N(CC)c2cc(Cl)ccc21.[I-]. The van der Waals surface area contributed by atoms with Crippen molar-refractivity contribution in [2.75, 3.05) is 22.9 Å². The molecule has 0 fully saturated rings. The Morgan fingerprint density at radius 2 is 1.50 bits per heavy atom. The van der Waals surface area contributed by atoms with E-state index < -0.39 is 0 Å². The highest BCUT2D eigenvalue weighted by Crippen LogP contribution is 2.42. The highest BCUT2D eigenvalue weighted by Gasteiger charge is 2.29. The minimum Gasteiger partial charge on any atom is -1.00 e. The summed E-state index contributed by atoms with van der Waals surface area (Å²) >= 11 is 12.6. The summed E-state index contributed by atoms with van der Waals surface area (Å²) in [6, 6.07) is 12.3. The Hall–Kier alpha value is -1.70. The number of imidazole rings is 1. The zero-order chi connectivity index (χ0) is 22.1. The summed E-state index contributed by atoms with van der Waals surface area (Å²) in [5.41, 5.74) is 4.73. The van der Waals surface area contributed by atoms with Gasteiger partial charge in [-0.05, 0) is 64.1 Å². The van der Waals surface area contributed by atoms with Gasteiger partial charge in [-0.15, -0.1) is 0 Å². The first-order valence-electron chi connectivity index (χ1n) is 11.0. The fourth-order valence-corrected chi connectivity index (χ4v) is 4.91.